The van der Waals surface area contributed by atoms with Gasteiger partial charge in [-0.05, 0) is 69.0 Å². The maximum atomic E-state index is 12.8. The number of esters is 2. The van der Waals surface area contributed by atoms with Crippen molar-refractivity contribution in [3.8, 4) is 0 Å². The Kier molecular flexibility index (Phi) is 14.5. The molecule has 2 aromatic carbocycles. The summed E-state index contributed by atoms with van der Waals surface area (Å²) < 4.78 is 28.6. The molecule has 2 N–H and O–H groups in total. The molecule has 218 valence electrons. The summed E-state index contributed by atoms with van der Waals surface area (Å²) in [5.74, 6) is -1.43. The van der Waals surface area contributed by atoms with E-state index in [1.54, 1.807) is 0 Å². The van der Waals surface area contributed by atoms with E-state index in [1.165, 1.54) is 5.56 Å². The number of carbonyl (C=O) groups excluding carboxylic acids is 3. The fraction of sp³-hybridized carbons (Fsp3) is 0.500. The second-order valence-corrected chi connectivity index (χ2v) is 11.4. The number of hydrogen-bond donors (Lipinski definition) is 2. The van der Waals surface area contributed by atoms with E-state index in [2.05, 4.69) is 22.8 Å². The zero-order valence-electron chi connectivity index (χ0n) is 23.0. The van der Waals surface area contributed by atoms with Crippen molar-refractivity contribution in [1.82, 2.24) is 10.6 Å². The van der Waals surface area contributed by atoms with Crippen LogP contribution in [-0.2, 0) is 41.2 Å². The van der Waals surface area contributed by atoms with Gasteiger partial charge in [-0.3, -0.25) is 4.57 Å². The van der Waals surface area contributed by atoms with E-state index in [4.69, 9.17) is 14.0 Å². The van der Waals surface area contributed by atoms with E-state index >= 15 is 0 Å². The van der Waals surface area contributed by atoms with Crippen LogP contribution in [0.5, 0.6) is 0 Å². The first-order valence-electron chi connectivity index (χ1n) is 14.2. The standard InChI is InChI=1S/C30H41N2O7P/c33-28(26-18-12-21-31-26)38-29(34)27(39-40(36)22-11-3-8-15-24-13-4-1-5-14-24)19-9-10-20-32-30(35)37-23-25-16-6-2-7-17-25/h1-2,4-7,13-14,16-17,26-27,31,40H,3,8-12,15,18-23H2,(H,32,35)/t26-,27?/m0/s1. The Morgan fingerprint density at radius 2 is 1.65 bits per heavy atom. The predicted octanol–water partition coefficient (Wildman–Crippen LogP) is 5.18. The molecule has 0 radical (unpaired) electrons. The van der Waals surface area contributed by atoms with Crippen molar-refractivity contribution in [3.63, 3.8) is 0 Å². The highest BCUT2D eigenvalue weighted by molar-refractivity contribution is 7.39. The molecule has 1 aliphatic heterocycles. The first kappa shape index (κ1) is 31.5. The number of aryl methyl sites for hydroxylation is 1. The van der Waals surface area contributed by atoms with Crippen molar-refractivity contribution < 1.29 is 32.9 Å². The molecule has 0 aliphatic carbocycles. The quantitative estimate of drug-likeness (QED) is 0.115. The fourth-order valence-electron chi connectivity index (χ4n) is 4.40. The van der Waals surface area contributed by atoms with Gasteiger partial charge in [0.1, 0.15) is 12.6 Å². The number of alkyl carbamates (subject to hydrolysis) is 1. The van der Waals surface area contributed by atoms with E-state index in [0.717, 1.165) is 37.7 Å². The Bertz CT molecular complexity index is 1060. The topological polar surface area (TPSA) is 120 Å². The molecule has 0 aromatic heterocycles. The van der Waals surface area contributed by atoms with Crippen LogP contribution in [0.25, 0.3) is 0 Å². The van der Waals surface area contributed by atoms with Crippen LogP contribution < -0.4 is 10.6 Å². The summed E-state index contributed by atoms with van der Waals surface area (Å²) in [6.07, 6.45) is 5.06. The van der Waals surface area contributed by atoms with Gasteiger partial charge in [-0.15, -0.1) is 0 Å². The first-order valence-corrected chi connectivity index (χ1v) is 15.7. The van der Waals surface area contributed by atoms with Gasteiger partial charge in [0.25, 0.3) is 0 Å². The first-order chi connectivity index (χ1) is 19.5. The van der Waals surface area contributed by atoms with E-state index in [0.29, 0.717) is 38.5 Å². The Morgan fingerprint density at radius 3 is 2.35 bits per heavy atom. The number of amides is 1. The summed E-state index contributed by atoms with van der Waals surface area (Å²) in [6, 6.07) is 19.1. The molecule has 3 atom stereocenters. The summed E-state index contributed by atoms with van der Waals surface area (Å²) in [7, 11) is -2.49. The minimum Gasteiger partial charge on any atom is -0.445 e. The molecule has 2 aromatic rings. The molecule has 0 saturated carbocycles. The molecule has 0 spiro atoms. The molecule has 40 heavy (non-hydrogen) atoms. The van der Waals surface area contributed by atoms with Gasteiger partial charge in [-0.1, -0.05) is 67.1 Å². The zero-order chi connectivity index (χ0) is 28.4. The molecule has 3 rings (SSSR count). The summed E-state index contributed by atoms with van der Waals surface area (Å²) >= 11 is 0. The highest BCUT2D eigenvalue weighted by Gasteiger charge is 2.30. The minimum absolute atomic E-state index is 0.179. The molecule has 0 bridgehead atoms. The van der Waals surface area contributed by atoms with Crippen molar-refractivity contribution in [3.05, 3.63) is 71.8 Å². The lowest BCUT2D eigenvalue weighted by molar-refractivity contribution is -0.166. The number of benzene rings is 2. The Hall–Kier alpha value is -3.00. The number of carbonyl (C=O) groups is 3. The van der Waals surface area contributed by atoms with Gasteiger partial charge in [0.05, 0.1) is 0 Å². The summed E-state index contributed by atoms with van der Waals surface area (Å²) in [6.45, 7) is 1.22. The Labute approximate surface area is 237 Å². The van der Waals surface area contributed by atoms with E-state index in [1.807, 2.05) is 48.5 Å². The number of ether oxygens (including phenoxy) is 2. The highest BCUT2D eigenvalue weighted by Crippen LogP contribution is 2.29. The molecule has 1 saturated heterocycles. The molecule has 10 heteroatoms. The molecule has 1 heterocycles. The van der Waals surface area contributed by atoms with Gasteiger partial charge in [0.15, 0.2) is 14.1 Å². The maximum Gasteiger partial charge on any atom is 0.407 e. The van der Waals surface area contributed by atoms with Crippen LogP contribution in [0.4, 0.5) is 4.79 Å². The lowest BCUT2D eigenvalue weighted by Gasteiger charge is -2.17. The van der Waals surface area contributed by atoms with Crippen LogP contribution in [0.15, 0.2) is 60.7 Å². The van der Waals surface area contributed by atoms with E-state index < -0.39 is 38.2 Å². The summed E-state index contributed by atoms with van der Waals surface area (Å²) in [5, 5.41) is 5.69. The summed E-state index contributed by atoms with van der Waals surface area (Å²) in [4.78, 5) is 37.0. The molecule has 2 unspecified atom stereocenters. The second-order valence-electron chi connectivity index (χ2n) is 9.90. The molecule has 1 fully saturated rings. The highest BCUT2D eigenvalue weighted by atomic mass is 31.1. The van der Waals surface area contributed by atoms with Crippen LogP contribution in [0.2, 0.25) is 0 Å². The SMILES string of the molecule is O=C(NCCCCC(O[PH](=O)CCCCCc1ccccc1)C(=O)OC(=O)[C@@H]1CCCN1)OCc1ccccc1. The van der Waals surface area contributed by atoms with Gasteiger partial charge in [0, 0.05) is 12.7 Å². The lowest BCUT2D eigenvalue weighted by atomic mass is 10.1. The largest absolute Gasteiger partial charge is 0.445 e. The average Bonchev–Trinajstić information content (AvgIpc) is 3.52. The van der Waals surface area contributed by atoms with E-state index in [9.17, 15) is 18.9 Å². The van der Waals surface area contributed by atoms with Crippen molar-refractivity contribution in [2.45, 2.75) is 76.5 Å². The Morgan fingerprint density at radius 1 is 0.925 bits per heavy atom. The predicted molar refractivity (Wildman–Crippen MR) is 153 cm³/mol. The lowest BCUT2D eigenvalue weighted by Crippen LogP contribution is -2.37. The number of rotatable bonds is 17. The third-order valence-corrected chi connectivity index (χ3v) is 7.96. The minimum atomic E-state index is -2.49. The molecular weight excluding hydrogens is 531 g/mol. The van der Waals surface area contributed by atoms with Gasteiger partial charge in [-0.25, -0.2) is 14.4 Å². The monoisotopic (exact) mass is 572 g/mol. The summed E-state index contributed by atoms with van der Waals surface area (Å²) in [5.41, 5.74) is 2.17. The van der Waals surface area contributed by atoms with Crippen molar-refractivity contribution >= 4 is 26.1 Å². The molecule has 1 amide bonds. The van der Waals surface area contributed by atoms with Gasteiger partial charge in [0.2, 0.25) is 0 Å². The third kappa shape index (κ3) is 12.5. The van der Waals surface area contributed by atoms with Crippen LogP contribution in [-0.4, -0.2) is 49.4 Å². The Balaban J connectivity index is 1.37. The number of nitrogens with one attached hydrogen (secondary N) is 2. The van der Waals surface area contributed by atoms with Gasteiger partial charge in [-0.2, -0.15) is 0 Å². The normalized spacial score (nSPS) is 16.1. The van der Waals surface area contributed by atoms with E-state index in [-0.39, 0.29) is 13.0 Å². The van der Waals surface area contributed by atoms with Crippen molar-refractivity contribution in [2.24, 2.45) is 0 Å². The average molecular weight is 573 g/mol. The van der Waals surface area contributed by atoms with Crippen LogP contribution >= 0.6 is 8.03 Å². The van der Waals surface area contributed by atoms with Gasteiger partial charge < -0.3 is 24.6 Å². The van der Waals surface area contributed by atoms with Crippen molar-refractivity contribution in [1.29, 1.82) is 0 Å². The molecule has 9 nitrogen and oxygen atoms in total. The van der Waals surface area contributed by atoms with Crippen LogP contribution in [0.3, 0.4) is 0 Å². The number of unbranched alkanes of at least 4 members (excludes halogenated alkanes) is 3. The van der Waals surface area contributed by atoms with Crippen LogP contribution in [0, 0.1) is 0 Å². The molecular formula is C30H41N2O7P. The zero-order valence-corrected chi connectivity index (χ0v) is 24.0. The van der Waals surface area contributed by atoms with Crippen LogP contribution in [0.1, 0.15) is 62.5 Å². The van der Waals surface area contributed by atoms with Crippen molar-refractivity contribution in [2.75, 3.05) is 19.3 Å². The fourth-order valence-corrected chi connectivity index (χ4v) is 5.59. The van der Waals surface area contributed by atoms with Gasteiger partial charge >= 0.3 is 18.0 Å². The maximum absolute atomic E-state index is 12.8. The second kappa shape index (κ2) is 18.4. The number of hydrogen-bond acceptors (Lipinski definition) is 8. The third-order valence-electron chi connectivity index (χ3n) is 6.65. The molecule has 1 aliphatic rings. The smallest absolute Gasteiger partial charge is 0.407 e.